The van der Waals surface area contributed by atoms with Gasteiger partial charge in [-0.25, -0.2) is 9.37 Å². The number of imidazole rings is 1. The molecular weight excluding hydrogens is 305 g/mol. The van der Waals surface area contributed by atoms with Crippen molar-refractivity contribution in [2.75, 3.05) is 6.54 Å². The van der Waals surface area contributed by atoms with Gasteiger partial charge in [-0.05, 0) is 18.2 Å². The number of nitrogens with zero attached hydrogens (tertiary/aromatic N) is 2. The number of hydrogen-bond acceptors (Lipinski definition) is 3. The molecule has 0 amide bonds. The van der Waals surface area contributed by atoms with Gasteiger partial charge in [-0.2, -0.15) is 0 Å². The Balaban J connectivity index is 1.68. The molecule has 0 radical (unpaired) electrons. The van der Waals surface area contributed by atoms with Crippen LogP contribution in [0.25, 0.3) is 5.65 Å². The number of rotatable bonds is 5. The van der Waals surface area contributed by atoms with E-state index in [4.69, 9.17) is 11.6 Å². The highest BCUT2D eigenvalue weighted by molar-refractivity contribution is 6.30. The summed E-state index contributed by atoms with van der Waals surface area (Å²) in [5.41, 5.74) is 1.84. The Kier molecular flexibility index (Phi) is 4.38. The van der Waals surface area contributed by atoms with E-state index >= 15 is 0 Å². The van der Waals surface area contributed by atoms with Gasteiger partial charge >= 0.3 is 0 Å². The number of benzene rings is 1. The SMILES string of the molecule is OC(CNCc1c(Cl)nc2ccccn12)c1ccccc1F. The number of aromatic nitrogens is 2. The fraction of sp³-hybridized carbons (Fsp3) is 0.188. The molecule has 1 aromatic carbocycles. The lowest BCUT2D eigenvalue weighted by Crippen LogP contribution is -2.22. The molecule has 0 aliphatic carbocycles. The molecule has 0 aliphatic heterocycles. The highest BCUT2D eigenvalue weighted by Crippen LogP contribution is 2.18. The van der Waals surface area contributed by atoms with Crippen LogP contribution in [-0.2, 0) is 6.54 Å². The molecule has 0 saturated carbocycles. The molecule has 22 heavy (non-hydrogen) atoms. The number of nitrogens with one attached hydrogen (secondary N) is 1. The van der Waals surface area contributed by atoms with E-state index in [1.165, 1.54) is 6.07 Å². The summed E-state index contributed by atoms with van der Waals surface area (Å²) in [7, 11) is 0. The molecule has 0 spiro atoms. The second-order valence-electron chi connectivity index (χ2n) is 4.95. The molecular formula is C16H15ClFN3O. The average molecular weight is 320 g/mol. The lowest BCUT2D eigenvalue weighted by atomic mass is 10.1. The van der Waals surface area contributed by atoms with Crippen LogP contribution < -0.4 is 5.32 Å². The third-order valence-electron chi connectivity index (χ3n) is 3.47. The Labute approximate surface area is 132 Å². The lowest BCUT2D eigenvalue weighted by molar-refractivity contribution is 0.169. The summed E-state index contributed by atoms with van der Waals surface area (Å²) in [5, 5.41) is 13.6. The monoisotopic (exact) mass is 319 g/mol. The summed E-state index contributed by atoms with van der Waals surface area (Å²) in [6.07, 6.45) is 0.956. The molecule has 2 aromatic heterocycles. The van der Waals surface area contributed by atoms with Gasteiger partial charge in [0.1, 0.15) is 11.5 Å². The summed E-state index contributed by atoms with van der Waals surface area (Å²) >= 11 is 6.13. The van der Waals surface area contributed by atoms with Gasteiger partial charge in [-0.3, -0.25) is 0 Å². The number of aliphatic hydroxyl groups is 1. The number of pyridine rings is 1. The maximum absolute atomic E-state index is 13.6. The third kappa shape index (κ3) is 2.97. The molecule has 0 bridgehead atoms. The maximum Gasteiger partial charge on any atom is 0.152 e. The molecule has 0 saturated heterocycles. The molecule has 114 valence electrons. The molecule has 0 aliphatic rings. The molecule has 3 rings (SSSR count). The van der Waals surface area contributed by atoms with Crippen LogP contribution in [0.2, 0.25) is 5.15 Å². The van der Waals surface area contributed by atoms with Crippen LogP contribution >= 0.6 is 11.6 Å². The highest BCUT2D eigenvalue weighted by Gasteiger charge is 2.13. The van der Waals surface area contributed by atoms with Crippen LogP contribution in [0, 0.1) is 5.82 Å². The number of halogens is 2. The first-order valence-electron chi connectivity index (χ1n) is 6.91. The van der Waals surface area contributed by atoms with Crippen LogP contribution in [0.15, 0.2) is 48.7 Å². The first kappa shape index (κ1) is 15.0. The molecule has 3 aromatic rings. The molecule has 4 nitrogen and oxygen atoms in total. The highest BCUT2D eigenvalue weighted by atomic mass is 35.5. The van der Waals surface area contributed by atoms with Crippen LogP contribution in [0.4, 0.5) is 4.39 Å². The zero-order valence-corrected chi connectivity index (χ0v) is 12.5. The lowest BCUT2D eigenvalue weighted by Gasteiger charge is -2.13. The zero-order chi connectivity index (χ0) is 15.5. The van der Waals surface area contributed by atoms with Gasteiger partial charge < -0.3 is 14.8 Å². The summed E-state index contributed by atoms with van der Waals surface area (Å²) in [4.78, 5) is 4.25. The van der Waals surface area contributed by atoms with Crippen molar-refractivity contribution in [3.63, 3.8) is 0 Å². The first-order valence-corrected chi connectivity index (χ1v) is 7.29. The average Bonchev–Trinajstić information content (AvgIpc) is 2.83. The first-order chi connectivity index (χ1) is 10.7. The second-order valence-corrected chi connectivity index (χ2v) is 5.30. The molecule has 1 unspecified atom stereocenters. The Hall–Kier alpha value is -1.95. The minimum absolute atomic E-state index is 0.220. The quantitative estimate of drug-likeness (QED) is 0.760. The summed E-state index contributed by atoms with van der Waals surface area (Å²) in [6, 6.07) is 11.8. The Morgan fingerprint density at radius 1 is 1.23 bits per heavy atom. The van der Waals surface area contributed by atoms with Crippen molar-refractivity contribution in [1.82, 2.24) is 14.7 Å². The standard InChI is InChI=1S/C16H15ClFN3O/c17-16-13(21-8-4-3-7-15(21)20-16)9-19-10-14(22)11-5-1-2-6-12(11)18/h1-8,14,19,22H,9-10H2. The topological polar surface area (TPSA) is 49.6 Å². The molecule has 2 N–H and O–H groups in total. The van der Waals surface area contributed by atoms with E-state index in [0.717, 1.165) is 11.3 Å². The van der Waals surface area contributed by atoms with Crippen molar-refractivity contribution in [2.45, 2.75) is 12.6 Å². The smallest absolute Gasteiger partial charge is 0.152 e. The maximum atomic E-state index is 13.6. The van der Waals surface area contributed by atoms with E-state index in [0.29, 0.717) is 11.7 Å². The van der Waals surface area contributed by atoms with Gasteiger partial charge in [0.25, 0.3) is 0 Å². The number of hydrogen-bond donors (Lipinski definition) is 2. The van der Waals surface area contributed by atoms with Gasteiger partial charge in [0, 0.05) is 24.8 Å². The summed E-state index contributed by atoms with van der Waals surface area (Å²) in [6.45, 7) is 0.646. The Morgan fingerprint density at radius 2 is 2.00 bits per heavy atom. The number of aliphatic hydroxyl groups excluding tert-OH is 1. The molecule has 2 heterocycles. The minimum Gasteiger partial charge on any atom is -0.387 e. The van der Waals surface area contributed by atoms with Gasteiger partial charge in [0.15, 0.2) is 5.15 Å². The van der Waals surface area contributed by atoms with E-state index in [9.17, 15) is 9.50 Å². The van der Waals surface area contributed by atoms with Crippen LogP contribution in [0.3, 0.4) is 0 Å². The van der Waals surface area contributed by atoms with Gasteiger partial charge in [-0.15, -0.1) is 0 Å². The molecule has 6 heteroatoms. The van der Waals surface area contributed by atoms with Crippen LogP contribution in [0.5, 0.6) is 0 Å². The van der Waals surface area contributed by atoms with Crippen molar-refractivity contribution < 1.29 is 9.50 Å². The van der Waals surface area contributed by atoms with Crippen molar-refractivity contribution in [3.05, 3.63) is 70.9 Å². The van der Waals surface area contributed by atoms with Crippen molar-refractivity contribution in [1.29, 1.82) is 0 Å². The van der Waals surface area contributed by atoms with E-state index < -0.39 is 11.9 Å². The fourth-order valence-corrected chi connectivity index (χ4v) is 2.60. The van der Waals surface area contributed by atoms with Crippen molar-refractivity contribution in [2.24, 2.45) is 0 Å². The van der Waals surface area contributed by atoms with Crippen LogP contribution in [-0.4, -0.2) is 21.0 Å². The van der Waals surface area contributed by atoms with E-state index in [-0.39, 0.29) is 12.1 Å². The fourth-order valence-electron chi connectivity index (χ4n) is 2.36. The van der Waals surface area contributed by atoms with E-state index in [1.807, 2.05) is 28.8 Å². The largest absolute Gasteiger partial charge is 0.387 e. The van der Waals surface area contributed by atoms with Gasteiger partial charge in [0.2, 0.25) is 0 Å². The zero-order valence-electron chi connectivity index (χ0n) is 11.7. The minimum atomic E-state index is -0.917. The van der Waals surface area contributed by atoms with Crippen molar-refractivity contribution >= 4 is 17.2 Å². The Morgan fingerprint density at radius 3 is 2.82 bits per heavy atom. The summed E-state index contributed by atoms with van der Waals surface area (Å²) < 4.78 is 15.5. The molecule has 0 fully saturated rings. The van der Waals surface area contributed by atoms with Crippen LogP contribution in [0.1, 0.15) is 17.4 Å². The second kappa shape index (κ2) is 6.44. The Bertz CT molecular complexity index is 790. The predicted molar refractivity (Wildman–Crippen MR) is 83.3 cm³/mol. The predicted octanol–water partition coefficient (Wildman–Crippen LogP) is 2.95. The third-order valence-corrected chi connectivity index (χ3v) is 3.78. The van der Waals surface area contributed by atoms with Gasteiger partial charge in [0.05, 0.1) is 11.8 Å². The normalized spacial score (nSPS) is 12.7. The molecule has 1 atom stereocenters. The summed E-state index contributed by atoms with van der Waals surface area (Å²) in [5.74, 6) is -0.412. The van der Waals surface area contributed by atoms with E-state index in [2.05, 4.69) is 10.3 Å². The van der Waals surface area contributed by atoms with Crippen molar-refractivity contribution in [3.8, 4) is 0 Å². The van der Waals surface area contributed by atoms with E-state index in [1.54, 1.807) is 18.2 Å². The number of fused-ring (bicyclic) bond motifs is 1. The van der Waals surface area contributed by atoms with Gasteiger partial charge in [-0.1, -0.05) is 35.9 Å².